The van der Waals surface area contributed by atoms with E-state index in [-0.39, 0.29) is 0 Å². The number of methoxy groups -OCH3 is 1. The lowest BCUT2D eigenvalue weighted by Crippen LogP contribution is -2.04. The fourth-order valence-electron chi connectivity index (χ4n) is 2.80. The van der Waals surface area contributed by atoms with Crippen molar-refractivity contribution in [2.45, 2.75) is 20.1 Å². The number of rotatable bonds is 9. The molecule has 3 rings (SSSR count). The van der Waals surface area contributed by atoms with Crippen molar-refractivity contribution >= 4 is 28.9 Å². The molecule has 0 saturated heterocycles. The standard InChI is InChI=1S/C23H23Cl2NO3/c1-3-28-22-11-17(14-26-18-9-10-21(27-2)20(25)12-18)19(24)13-23(22)29-15-16-7-5-4-6-8-16/h4-13,26H,3,14-15H2,1-2H3. The van der Waals surface area contributed by atoms with Gasteiger partial charge >= 0.3 is 0 Å². The van der Waals surface area contributed by atoms with Crippen LogP contribution in [0.25, 0.3) is 0 Å². The highest BCUT2D eigenvalue weighted by Crippen LogP contribution is 2.35. The summed E-state index contributed by atoms with van der Waals surface area (Å²) < 4.78 is 16.9. The summed E-state index contributed by atoms with van der Waals surface area (Å²) in [5, 5.41) is 4.47. The lowest BCUT2D eigenvalue weighted by atomic mass is 10.2. The highest BCUT2D eigenvalue weighted by atomic mass is 35.5. The summed E-state index contributed by atoms with van der Waals surface area (Å²) in [6.07, 6.45) is 0. The largest absolute Gasteiger partial charge is 0.495 e. The quantitative estimate of drug-likeness (QED) is 0.414. The van der Waals surface area contributed by atoms with E-state index >= 15 is 0 Å². The Balaban J connectivity index is 1.73. The van der Waals surface area contributed by atoms with E-state index < -0.39 is 0 Å². The molecule has 0 bridgehead atoms. The van der Waals surface area contributed by atoms with Gasteiger partial charge < -0.3 is 19.5 Å². The van der Waals surface area contributed by atoms with Crippen LogP contribution in [0.4, 0.5) is 5.69 Å². The van der Waals surface area contributed by atoms with Gasteiger partial charge in [0.15, 0.2) is 11.5 Å². The van der Waals surface area contributed by atoms with Crippen LogP contribution in [0.2, 0.25) is 10.0 Å². The van der Waals surface area contributed by atoms with E-state index in [1.807, 2.05) is 61.5 Å². The number of benzene rings is 3. The van der Waals surface area contributed by atoms with Gasteiger partial charge in [-0.3, -0.25) is 0 Å². The molecule has 0 aromatic heterocycles. The van der Waals surface area contributed by atoms with Crippen LogP contribution < -0.4 is 19.5 Å². The summed E-state index contributed by atoms with van der Waals surface area (Å²) in [4.78, 5) is 0. The molecule has 0 unspecified atom stereocenters. The first kappa shape index (κ1) is 21.2. The van der Waals surface area contributed by atoms with Crippen molar-refractivity contribution < 1.29 is 14.2 Å². The molecule has 0 saturated carbocycles. The molecule has 152 valence electrons. The van der Waals surface area contributed by atoms with Crippen molar-refractivity contribution in [3.8, 4) is 17.2 Å². The average molecular weight is 432 g/mol. The molecule has 0 aliphatic heterocycles. The lowest BCUT2D eigenvalue weighted by molar-refractivity contribution is 0.269. The molecule has 3 aromatic rings. The Labute approximate surface area is 181 Å². The number of halogens is 2. The van der Waals surface area contributed by atoms with E-state index in [0.717, 1.165) is 16.8 Å². The Hall–Kier alpha value is -2.56. The Kier molecular flexibility index (Phi) is 7.50. The lowest BCUT2D eigenvalue weighted by Gasteiger charge is -2.16. The number of ether oxygens (including phenoxy) is 3. The van der Waals surface area contributed by atoms with Crippen LogP contribution in [0.5, 0.6) is 17.2 Å². The zero-order valence-electron chi connectivity index (χ0n) is 16.4. The Morgan fingerprint density at radius 1 is 0.828 bits per heavy atom. The summed E-state index contributed by atoms with van der Waals surface area (Å²) in [5.41, 5.74) is 2.84. The van der Waals surface area contributed by atoms with Crippen molar-refractivity contribution in [1.29, 1.82) is 0 Å². The van der Waals surface area contributed by atoms with E-state index in [1.165, 1.54) is 0 Å². The van der Waals surface area contributed by atoms with Gasteiger partial charge in [-0.25, -0.2) is 0 Å². The van der Waals surface area contributed by atoms with Crippen molar-refractivity contribution in [3.05, 3.63) is 81.8 Å². The predicted octanol–water partition coefficient (Wildman–Crippen LogP) is 6.59. The predicted molar refractivity (Wildman–Crippen MR) is 119 cm³/mol. The van der Waals surface area contributed by atoms with Crippen LogP contribution in [0.3, 0.4) is 0 Å². The minimum absolute atomic E-state index is 0.444. The van der Waals surface area contributed by atoms with Crippen LogP contribution in [-0.2, 0) is 13.2 Å². The Morgan fingerprint density at radius 3 is 2.28 bits per heavy atom. The van der Waals surface area contributed by atoms with E-state index in [9.17, 15) is 0 Å². The highest BCUT2D eigenvalue weighted by molar-refractivity contribution is 6.32. The second-order valence-electron chi connectivity index (χ2n) is 6.30. The van der Waals surface area contributed by atoms with E-state index in [4.69, 9.17) is 37.4 Å². The van der Waals surface area contributed by atoms with Crippen LogP contribution in [0, 0.1) is 0 Å². The topological polar surface area (TPSA) is 39.7 Å². The molecule has 0 radical (unpaired) electrons. The first-order valence-corrected chi connectivity index (χ1v) is 10.1. The maximum atomic E-state index is 6.51. The fraction of sp³-hybridized carbons (Fsp3) is 0.217. The minimum Gasteiger partial charge on any atom is -0.495 e. The highest BCUT2D eigenvalue weighted by Gasteiger charge is 2.12. The van der Waals surface area contributed by atoms with Gasteiger partial charge in [-0.05, 0) is 42.3 Å². The summed E-state index contributed by atoms with van der Waals surface area (Å²) in [6, 6.07) is 19.2. The van der Waals surface area contributed by atoms with Gasteiger partial charge in [-0.1, -0.05) is 53.5 Å². The first-order chi connectivity index (χ1) is 14.1. The third-order valence-electron chi connectivity index (χ3n) is 4.28. The molecule has 0 aliphatic rings. The number of hydrogen-bond acceptors (Lipinski definition) is 4. The van der Waals surface area contributed by atoms with Crippen LogP contribution in [0.1, 0.15) is 18.1 Å². The zero-order chi connectivity index (χ0) is 20.6. The normalized spacial score (nSPS) is 10.5. The smallest absolute Gasteiger partial charge is 0.163 e. The second-order valence-corrected chi connectivity index (χ2v) is 7.11. The number of hydrogen-bond donors (Lipinski definition) is 1. The first-order valence-electron chi connectivity index (χ1n) is 9.30. The van der Waals surface area contributed by atoms with Gasteiger partial charge in [-0.2, -0.15) is 0 Å². The molecule has 1 N–H and O–H groups in total. The molecular formula is C23H23Cl2NO3. The molecule has 0 fully saturated rings. The minimum atomic E-state index is 0.444. The van der Waals surface area contributed by atoms with Gasteiger partial charge in [0.25, 0.3) is 0 Å². The monoisotopic (exact) mass is 431 g/mol. The van der Waals surface area contributed by atoms with Crippen molar-refractivity contribution in [2.75, 3.05) is 19.0 Å². The molecule has 3 aromatic carbocycles. The number of nitrogens with one attached hydrogen (secondary N) is 1. The van der Waals surface area contributed by atoms with E-state index in [1.54, 1.807) is 13.2 Å². The molecule has 6 heteroatoms. The molecule has 0 heterocycles. The summed E-state index contributed by atoms with van der Waals surface area (Å²) >= 11 is 12.7. The SMILES string of the molecule is CCOc1cc(CNc2ccc(OC)c(Cl)c2)c(Cl)cc1OCc1ccccc1. The van der Waals surface area contributed by atoms with Gasteiger partial charge in [0.2, 0.25) is 0 Å². The summed E-state index contributed by atoms with van der Waals surface area (Å²) in [6.45, 7) is 3.43. The van der Waals surface area contributed by atoms with Crippen molar-refractivity contribution in [2.24, 2.45) is 0 Å². The molecule has 29 heavy (non-hydrogen) atoms. The molecule has 0 spiro atoms. The van der Waals surface area contributed by atoms with Gasteiger partial charge in [0, 0.05) is 23.3 Å². The molecule has 4 nitrogen and oxygen atoms in total. The van der Waals surface area contributed by atoms with Crippen LogP contribution in [0.15, 0.2) is 60.7 Å². The summed E-state index contributed by atoms with van der Waals surface area (Å²) in [5.74, 6) is 1.92. The van der Waals surface area contributed by atoms with Crippen LogP contribution in [-0.4, -0.2) is 13.7 Å². The third-order valence-corrected chi connectivity index (χ3v) is 4.93. The second kappa shape index (κ2) is 10.3. The zero-order valence-corrected chi connectivity index (χ0v) is 17.9. The van der Waals surface area contributed by atoms with Gasteiger partial charge in [0.1, 0.15) is 12.4 Å². The fourth-order valence-corrected chi connectivity index (χ4v) is 3.28. The van der Waals surface area contributed by atoms with E-state index in [0.29, 0.717) is 47.1 Å². The van der Waals surface area contributed by atoms with Gasteiger partial charge in [-0.15, -0.1) is 0 Å². The van der Waals surface area contributed by atoms with Gasteiger partial charge in [0.05, 0.1) is 18.7 Å². The summed E-state index contributed by atoms with van der Waals surface area (Å²) in [7, 11) is 1.59. The maximum Gasteiger partial charge on any atom is 0.163 e. The molecule has 0 aliphatic carbocycles. The number of anilines is 1. The third kappa shape index (κ3) is 5.72. The Bertz CT molecular complexity index is 948. The molecule has 0 amide bonds. The Morgan fingerprint density at radius 2 is 1.59 bits per heavy atom. The van der Waals surface area contributed by atoms with Crippen molar-refractivity contribution in [1.82, 2.24) is 0 Å². The van der Waals surface area contributed by atoms with E-state index in [2.05, 4.69) is 5.32 Å². The molecule has 0 atom stereocenters. The van der Waals surface area contributed by atoms with Crippen molar-refractivity contribution in [3.63, 3.8) is 0 Å². The molecular weight excluding hydrogens is 409 g/mol. The average Bonchev–Trinajstić information content (AvgIpc) is 2.73. The maximum absolute atomic E-state index is 6.51. The van der Waals surface area contributed by atoms with Crippen LogP contribution >= 0.6 is 23.2 Å².